The number of aryl methyl sites for hydroxylation is 3. The van der Waals surface area contributed by atoms with E-state index in [0.29, 0.717) is 0 Å². The van der Waals surface area contributed by atoms with Crippen LogP contribution >= 0.6 is 0 Å². The third-order valence-corrected chi connectivity index (χ3v) is 4.03. The number of benzene rings is 2. The summed E-state index contributed by atoms with van der Waals surface area (Å²) in [5, 5.41) is 0. The lowest BCUT2D eigenvalue weighted by atomic mass is 9.90. The van der Waals surface area contributed by atoms with Crippen LogP contribution in [0.2, 0.25) is 0 Å². The average Bonchev–Trinajstić information content (AvgIpc) is 2.86. The van der Waals surface area contributed by atoms with Crippen LogP contribution in [0.15, 0.2) is 30.3 Å². The molecule has 2 aliphatic rings. The molecule has 0 N–H and O–H groups in total. The van der Waals surface area contributed by atoms with Crippen molar-refractivity contribution in [3.8, 4) is 11.5 Å². The zero-order chi connectivity index (χ0) is 13.1. The van der Waals surface area contributed by atoms with E-state index in [9.17, 15) is 0 Å². The highest BCUT2D eigenvalue weighted by molar-refractivity contribution is 5.57. The third kappa shape index (κ3) is 1.43. The molecule has 2 unspecified atom stereocenters. The first kappa shape index (κ1) is 10.9. The lowest BCUT2D eigenvalue weighted by Gasteiger charge is -2.10. The lowest BCUT2D eigenvalue weighted by molar-refractivity contribution is 0.0325. The molecule has 0 radical (unpaired) electrons. The topological polar surface area (TPSA) is 18.5 Å². The summed E-state index contributed by atoms with van der Waals surface area (Å²) in [6, 6.07) is 10.7. The van der Waals surface area contributed by atoms with E-state index in [0.717, 1.165) is 11.5 Å². The molecule has 2 heterocycles. The Kier molecular flexibility index (Phi) is 2.03. The summed E-state index contributed by atoms with van der Waals surface area (Å²) in [5.74, 6) is 2.20. The fraction of sp³-hybridized carbons (Fsp3) is 0.294. The van der Waals surface area contributed by atoms with Gasteiger partial charge in [0.15, 0.2) is 0 Å². The Morgan fingerprint density at radius 2 is 1.63 bits per heavy atom. The number of fused-ring (bicyclic) bond motifs is 5. The van der Waals surface area contributed by atoms with Gasteiger partial charge in [-0.2, -0.15) is 0 Å². The SMILES string of the molecule is Cc1ccc2c(c1)C1c3cc(C)cc(C)c3OC1O2. The zero-order valence-corrected chi connectivity index (χ0v) is 11.4. The molecule has 2 aliphatic heterocycles. The van der Waals surface area contributed by atoms with Crippen LogP contribution < -0.4 is 9.47 Å². The predicted octanol–water partition coefficient (Wildman–Crippen LogP) is 3.85. The van der Waals surface area contributed by atoms with Crippen LogP contribution in [0.5, 0.6) is 11.5 Å². The minimum atomic E-state index is -0.188. The van der Waals surface area contributed by atoms with Gasteiger partial charge in [0.2, 0.25) is 0 Å². The van der Waals surface area contributed by atoms with Crippen LogP contribution in [-0.4, -0.2) is 6.29 Å². The molecule has 0 saturated carbocycles. The van der Waals surface area contributed by atoms with Crippen molar-refractivity contribution >= 4 is 0 Å². The van der Waals surface area contributed by atoms with E-state index < -0.39 is 0 Å². The standard InChI is InChI=1S/C17H16O2/c1-9-4-5-14-12(7-9)15-13-8-10(2)6-11(3)16(13)19-17(15)18-14/h4-8,15,17H,1-3H3. The largest absolute Gasteiger partial charge is 0.454 e. The molecule has 0 saturated heterocycles. The molecule has 19 heavy (non-hydrogen) atoms. The lowest BCUT2D eigenvalue weighted by Crippen LogP contribution is -2.19. The van der Waals surface area contributed by atoms with Gasteiger partial charge in [-0.1, -0.05) is 35.4 Å². The van der Waals surface area contributed by atoms with E-state index in [1.54, 1.807) is 0 Å². The van der Waals surface area contributed by atoms with E-state index in [1.807, 2.05) is 0 Å². The molecular formula is C17H16O2. The average molecular weight is 252 g/mol. The summed E-state index contributed by atoms with van der Waals surface area (Å²) in [6.45, 7) is 6.35. The van der Waals surface area contributed by atoms with Crippen molar-refractivity contribution in [3.63, 3.8) is 0 Å². The van der Waals surface area contributed by atoms with E-state index in [-0.39, 0.29) is 12.2 Å². The molecule has 2 atom stereocenters. The predicted molar refractivity (Wildman–Crippen MR) is 74.0 cm³/mol. The Labute approximate surface area is 113 Å². The molecule has 2 heteroatoms. The molecule has 0 amide bonds. The van der Waals surface area contributed by atoms with Gasteiger partial charge in [-0.3, -0.25) is 0 Å². The Hall–Kier alpha value is -1.96. The first-order valence-electron chi connectivity index (χ1n) is 6.68. The quantitative estimate of drug-likeness (QED) is 0.709. The van der Waals surface area contributed by atoms with Crippen molar-refractivity contribution in [1.82, 2.24) is 0 Å². The molecule has 2 aromatic rings. The smallest absolute Gasteiger partial charge is 0.252 e. The first-order chi connectivity index (χ1) is 9.13. The minimum Gasteiger partial charge on any atom is -0.454 e. The van der Waals surface area contributed by atoms with E-state index in [4.69, 9.17) is 9.47 Å². The van der Waals surface area contributed by atoms with Gasteiger partial charge in [-0.25, -0.2) is 0 Å². The van der Waals surface area contributed by atoms with Gasteiger partial charge in [0.25, 0.3) is 6.29 Å². The van der Waals surface area contributed by atoms with E-state index in [2.05, 4.69) is 51.1 Å². The van der Waals surface area contributed by atoms with Gasteiger partial charge in [0.05, 0.1) is 5.92 Å². The Bertz CT molecular complexity index is 688. The normalized spacial score (nSPS) is 22.3. The highest BCUT2D eigenvalue weighted by atomic mass is 16.7. The van der Waals surface area contributed by atoms with Gasteiger partial charge in [0, 0.05) is 11.1 Å². The van der Waals surface area contributed by atoms with Crippen molar-refractivity contribution in [3.05, 3.63) is 58.1 Å². The maximum absolute atomic E-state index is 6.02. The van der Waals surface area contributed by atoms with Crippen LogP contribution in [-0.2, 0) is 0 Å². The van der Waals surface area contributed by atoms with Crippen molar-refractivity contribution in [2.45, 2.75) is 33.0 Å². The first-order valence-corrected chi connectivity index (χ1v) is 6.68. The van der Waals surface area contributed by atoms with Gasteiger partial charge < -0.3 is 9.47 Å². The number of hydrogen-bond acceptors (Lipinski definition) is 2. The minimum absolute atomic E-state index is 0.188. The zero-order valence-electron chi connectivity index (χ0n) is 11.4. The summed E-state index contributed by atoms with van der Waals surface area (Å²) < 4.78 is 12.0. The van der Waals surface area contributed by atoms with Crippen molar-refractivity contribution in [2.24, 2.45) is 0 Å². The van der Waals surface area contributed by atoms with E-state index >= 15 is 0 Å². The highest BCUT2D eigenvalue weighted by Crippen LogP contribution is 2.51. The van der Waals surface area contributed by atoms with Crippen LogP contribution in [0.4, 0.5) is 0 Å². The molecular weight excluding hydrogens is 236 g/mol. The maximum Gasteiger partial charge on any atom is 0.252 e. The van der Waals surface area contributed by atoms with Gasteiger partial charge in [0.1, 0.15) is 11.5 Å². The molecule has 0 fully saturated rings. The number of ether oxygens (including phenoxy) is 2. The van der Waals surface area contributed by atoms with Gasteiger partial charge >= 0.3 is 0 Å². The van der Waals surface area contributed by atoms with Gasteiger partial charge in [-0.15, -0.1) is 0 Å². The van der Waals surface area contributed by atoms with Crippen LogP contribution in [0.1, 0.15) is 33.7 Å². The van der Waals surface area contributed by atoms with Crippen molar-refractivity contribution in [2.75, 3.05) is 0 Å². The van der Waals surface area contributed by atoms with Crippen LogP contribution in [0.25, 0.3) is 0 Å². The maximum atomic E-state index is 6.02. The van der Waals surface area contributed by atoms with Crippen molar-refractivity contribution in [1.29, 1.82) is 0 Å². The monoisotopic (exact) mass is 252 g/mol. The summed E-state index contributed by atoms with van der Waals surface area (Å²) in [7, 11) is 0. The highest BCUT2D eigenvalue weighted by Gasteiger charge is 2.44. The Balaban J connectivity index is 1.93. The fourth-order valence-corrected chi connectivity index (χ4v) is 3.26. The van der Waals surface area contributed by atoms with Crippen LogP contribution in [0.3, 0.4) is 0 Å². The molecule has 96 valence electrons. The van der Waals surface area contributed by atoms with Crippen LogP contribution in [0, 0.1) is 20.8 Å². The second-order valence-electron chi connectivity index (χ2n) is 5.62. The van der Waals surface area contributed by atoms with E-state index in [1.165, 1.54) is 27.8 Å². The molecule has 0 spiro atoms. The number of hydrogen-bond donors (Lipinski definition) is 0. The second-order valence-corrected chi connectivity index (χ2v) is 5.62. The van der Waals surface area contributed by atoms with Gasteiger partial charge in [-0.05, 0) is 32.4 Å². The third-order valence-electron chi connectivity index (χ3n) is 4.03. The Morgan fingerprint density at radius 3 is 2.47 bits per heavy atom. The summed E-state index contributed by atoms with van der Waals surface area (Å²) in [5.41, 5.74) is 6.27. The second kappa shape index (κ2) is 3.53. The molecule has 2 nitrogen and oxygen atoms in total. The molecule has 0 aromatic heterocycles. The Morgan fingerprint density at radius 1 is 0.842 bits per heavy atom. The molecule has 0 aliphatic carbocycles. The van der Waals surface area contributed by atoms with Crippen molar-refractivity contribution < 1.29 is 9.47 Å². The number of rotatable bonds is 0. The fourth-order valence-electron chi connectivity index (χ4n) is 3.26. The summed E-state index contributed by atoms with van der Waals surface area (Å²) >= 11 is 0. The molecule has 2 aromatic carbocycles. The molecule has 4 rings (SSSR count). The molecule has 0 bridgehead atoms. The summed E-state index contributed by atoms with van der Waals surface area (Å²) in [6.07, 6.45) is -0.188. The summed E-state index contributed by atoms with van der Waals surface area (Å²) in [4.78, 5) is 0.